The normalized spacial score (nSPS) is 17.1. The molecule has 27 heavy (non-hydrogen) atoms. The maximum atomic E-state index is 12.6. The van der Waals surface area contributed by atoms with Crippen LogP contribution in [0.2, 0.25) is 0 Å². The number of halogens is 1. The first kappa shape index (κ1) is 21.5. The Kier molecular flexibility index (Phi) is 7.51. The van der Waals surface area contributed by atoms with Crippen molar-refractivity contribution in [1.82, 2.24) is 10.2 Å². The Bertz CT molecular complexity index is 791. The molecule has 1 aromatic carbocycles. The van der Waals surface area contributed by atoms with Crippen LogP contribution in [0.5, 0.6) is 0 Å². The van der Waals surface area contributed by atoms with Crippen molar-refractivity contribution in [3.05, 3.63) is 44.9 Å². The Balaban J connectivity index is 2.26. The van der Waals surface area contributed by atoms with Crippen LogP contribution in [-0.4, -0.2) is 34.6 Å². The number of nitriles is 1. The second kappa shape index (κ2) is 9.43. The van der Waals surface area contributed by atoms with Gasteiger partial charge in [0.25, 0.3) is 0 Å². The van der Waals surface area contributed by atoms with Crippen LogP contribution in [0.3, 0.4) is 0 Å². The van der Waals surface area contributed by atoms with E-state index in [2.05, 4.69) is 27.3 Å². The smallest absolute Gasteiger partial charge is 0.233 e. The molecule has 1 aliphatic rings. The zero-order valence-corrected chi connectivity index (χ0v) is 18.4. The second-order valence-corrected chi connectivity index (χ2v) is 8.89. The van der Waals surface area contributed by atoms with Crippen LogP contribution in [0.1, 0.15) is 45.6 Å². The van der Waals surface area contributed by atoms with Gasteiger partial charge in [-0.1, -0.05) is 39.8 Å². The van der Waals surface area contributed by atoms with Crippen LogP contribution in [0.4, 0.5) is 0 Å². The van der Waals surface area contributed by atoms with E-state index in [1.165, 1.54) is 11.8 Å². The Hall–Kier alpha value is -1.78. The highest BCUT2D eigenvalue weighted by molar-refractivity contribution is 9.10. The van der Waals surface area contributed by atoms with Crippen LogP contribution in [0.25, 0.3) is 0 Å². The minimum atomic E-state index is -0.301. The van der Waals surface area contributed by atoms with Crippen molar-refractivity contribution >= 4 is 39.5 Å². The van der Waals surface area contributed by atoms with Gasteiger partial charge in [0.05, 0.1) is 22.4 Å². The maximum Gasteiger partial charge on any atom is 0.233 e. The van der Waals surface area contributed by atoms with Crippen molar-refractivity contribution in [3.63, 3.8) is 0 Å². The number of amides is 2. The molecule has 1 aromatic rings. The summed E-state index contributed by atoms with van der Waals surface area (Å²) in [4.78, 5) is 26.7. The van der Waals surface area contributed by atoms with E-state index in [0.29, 0.717) is 10.6 Å². The van der Waals surface area contributed by atoms with Crippen molar-refractivity contribution in [2.24, 2.45) is 0 Å². The Morgan fingerprint density at radius 2 is 2.04 bits per heavy atom. The first-order valence-corrected chi connectivity index (χ1v) is 10.7. The van der Waals surface area contributed by atoms with Crippen molar-refractivity contribution in [2.45, 2.75) is 52.1 Å². The lowest BCUT2D eigenvalue weighted by Gasteiger charge is -2.31. The molecular formula is C20H24BrN3O2S. The summed E-state index contributed by atoms with van der Waals surface area (Å²) in [7, 11) is 0. The summed E-state index contributed by atoms with van der Waals surface area (Å²) in [5, 5.41) is 13.0. The predicted molar refractivity (Wildman–Crippen MR) is 112 cm³/mol. The van der Waals surface area contributed by atoms with E-state index in [4.69, 9.17) is 0 Å². The summed E-state index contributed by atoms with van der Waals surface area (Å²) >= 11 is 4.67. The molecule has 7 heteroatoms. The molecular weight excluding hydrogens is 426 g/mol. The quantitative estimate of drug-likeness (QED) is 0.706. The third-order valence-corrected chi connectivity index (χ3v) is 5.84. The molecule has 1 aliphatic heterocycles. The SMILES string of the molecule is CC(C)N(C(=O)CSC1=C(C#N)[C@@H](c2cccc(Br)c2)CC(=O)N1)C(C)C. The highest BCUT2D eigenvalue weighted by Crippen LogP contribution is 2.36. The molecule has 0 fully saturated rings. The van der Waals surface area contributed by atoms with E-state index in [9.17, 15) is 14.9 Å². The van der Waals surface area contributed by atoms with Gasteiger partial charge in [-0.2, -0.15) is 5.26 Å². The molecule has 0 saturated heterocycles. The summed E-state index contributed by atoms with van der Waals surface area (Å²) in [5.74, 6) is -0.264. The number of thioether (sulfide) groups is 1. The van der Waals surface area contributed by atoms with Gasteiger partial charge in [-0.25, -0.2) is 0 Å². The van der Waals surface area contributed by atoms with E-state index in [0.717, 1.165) is 10.0 Å². The maximum absolute atomic E-state index is 12.6. The van der Waals surface area contributed by atoms with Crippen LogP contribution in [0, 0.1) is 11.3 Å². The van der Waals surface area contributed by atoms with E-state index < -0.39 is 0 Å². The Morgan fingerprint density at radius 3 is 2.59 bits per heavy atom. The molecule has 0 aromatic heterocycles. The summed E-state index contributed by atoms with van der Waals surface area (Å²) in [5.41, 5.74) is 1.41. The van der Waals surface area contributed by atoms with E-state index in [1.54, 1.807) is 0 Å². The van der Waals surface area contributed by atoms with Crippen LogP contribution in [0.15, 0.2) is 39.3 Å². The fourth-order valence-electron chi connectivity index (χ4n) is 3.32. The molecule has 1 N–H and O–H groups in total. The van der Waals surface area contributed by atoms with Gasteiger partial charge in [-0.05, 0) is 45.4 Å². The molecule has 2 amide bonds. The van der Waals surface area contributed by atoms with Gasteiger partial charge in [0.15, 0.2) is 0 Å². The summed E-state index contributed by atoms with van der Waals surface area (Å²) < 4.78 is 0.900. The first-order valence-electron chi connectivity index (χ1n) is 8.88. The largest absolute Gasteiger partial charge is 0.337 e. The Morgan fingerprint density at radius 1 is 1.37 bits per heavy atom. The third-order valence-electron chi connectivity index (χ3n) is 4.35. The number of hydrogen-bond donors (Lipinski definition) is 1. The zero-order chi connectivity index (χ0) is 20.1. The third kappa shape index (κ3) is 5.36. The Labute approximate surface area is 173 Å². The number of rotatable bonds is 6. The lowest BCUT2D eigenvalue weighted by atomic mass is 9.87. The minimum absolute atomic E-state index is 0.00591. The lowest BCUT2D eigenvalue weighted by Crippen LogP contribution is -2.43. The van der Waals surface area contributed by atoms with Crippen LogP contribution >= 0.6 is 27.7 Å². The standard InChI is InChI=1S/C20H24BrN3O2S/c1-12(2)24(13(3)4)19(26)11-27-20-17(10-22)16(9-18(25)23-20)14-6-5-7-15(21)8-14/h5-8,12-13,16H,9,11H2,1-4H3,(H,23,25)/t16-/m1/s1. The molecule has 5 nitrogen and oxygen atoms in total. The van der Waals surface area contributed by atoms with Gasteiger partial charge in [0, 0.05) is 28.9 Å². The molecule has 0 radical (unpaired) electrons. The molecule has 0 saturated carbocycles. The van der Waals surface area contributed by atoms with Crippen LogP contribution in [-0.2, 0) is 9.59 Å². The molecule has 144 valence electrons. The number of carbonyl (C=O) groups is 2. The number of carbonyl (C=O) groups excluding carboxylic acids is 2. The van der Waals surface area contributed by atoms with E-state index in [-0.39, 0.29) is 42.0 Å². The topological polar surface area (TPSA) is 73.2 Å². The van der Waals surface area contributed by atoms with Crippen molar-refractivity contribution in [3.8, 4) is 6.07 Å². The van der Waals surface area contributed by atoms with Gasteiger partial charge >= 0.3 is 0 Å². The van der Waals surface area contributed by atoms with Gasteiger partial charge in [-0.3, -0.25) is 9.59 Å². The highest BCUT2D eigenvalue weighted by atomic mass is 79.9. The fraction of sp³-hybridized carbons (Fsp3) is 0.450. The molecule has 1 atom stereocenters. The molecule has 1 heterocycles. The van der Waals surface area contributed by atoms with Gasteiger partial charge in [0.2, 0.25) is 11.8 Å². The first-order chi connectivity index (χ1) is 12.7. The number of nitrogens with zero attached hydrogens (tertiary/aromatic N) is 2. The number of nitrogens with one attached hydrogen (secondary N) is 1. The summed E-state index contributed by atoms with van der Waals surface area (Å²) in [6, 6.07) is 10.1. The number of benzene rings is 1. The van der Waals surface area contributed by atoms with Crippen molar-refractivity contribution < 1.29 is 9.59 Å². The van der Waals surface area contributed by atoms with E-state index in [1.807, 2.05) is 56.9 Å². The molecule has 0 aliphatic carbocycles. The van der Waals surface area contributed by atoms with Crippen molar-refractivity contribution in [2.75, 3.05) is 5.75 Å². The second-order valence-electron chi connectivity index (χ2n) is 6.99. The van der Waals surface area contributed by atoms with Gasteiger partial charge < -0.3 is 10.2 Å². The van der Waals surface area contributed by atoms with Gasteiger partial charge in [-0.15, -0.1) is 0 Å². The van der Waals surface area contributed by atoms with Crippen LogP contribution < -0.4 is 5.32 Å². The van der Waals surface area contributed by atoms with Gasteiger partial charge in [0.1, 0.15) is 0 Å². The molecule has 2 rings (SSSR count). The zero-order valence-electron chi connectivity index (χ0n) is 16.0. The minimum Gasteiger partial charge on any atom is -0.337 e. The lowest BCUT2D eigenvalue weighted by molar-refractivity contribution is -0.131. The summed E-state index contributed by atoms with van der Waals surface area (Å²) in [6.45, 7) is 7.92. The molecule has 0 bridgehead atoms. The fourth-order valence-corrected chi connectivity index (χ4v) is 4.69. The van der Waals surface area contributed by atoms with E-state index >= 15 is 0 Å². The highest BCUT2D eigenvalue weighted by Gasteiger charge is 2.30. The monoisotopic (exact) mass is 449 g/mol. The number of hydrogen-bond acceptors (Lipinski definition) is 4. The molecule has 0 spiro atoms. The average molecular weight is 450 g/mol. The number of allylic oxidation sites excluding steroid dienone is 1. The molecule has 0 unspecified atom stereocenters. The predicted octanol–water partition coefficient (Wildman–Crippen LogP) is 4.17. The van der Waals surface area contributed by atoms with Crippen molar-refractivity contribution in [1.29, 1.82) is 5.26 Å². The average Bonchev–Trinajstić information content (AvgIpc) is 2.58. The summed E-state index contributed by atoms with van der Waals surface area (Å²) in [6.07, 6.45) is 0.224.